The number of hydrogen-bond donors (Lipinski definition) is 6. The molecule has 0 saturated carbocycles. The van der Waals surface area contributed by atoms with Gasteiger partial charge in [-0.15, -0.1) is 0 Å². The second kappa shape index (κ2) is 21.1. The zero-order chi connectivity index (χ0) is 45.3. The number of nitrogens with zero attached hydrogens (tertiary/aromatic N) is 8. The van der Waals surface area contributed by atoms with Crippen LogP contribution in [0.1, 0.15) is 97.4 Å². The number of anilines is 2. The maximum atomic E-state index is 6.34. The molecule has 0 unspecified atom stereocenters. The van der Waals surface area contributed by atoms with Crippen molar-refractivity contribution in [2.45, 2.75) is 105 Å². The number of hydrogen-bond acceptors (Lipinski definition) is 10. The molecule has 2 aromatic carbocycles. The van der Waals surface area contributed by atoms with Gasteiger partial charge in [0.2, 0.25) is 11.9 Å². The number of nitrogens with two attached hydrogens (primary N) is 1. The Kier molecular flexibility index (Phi) is 15.2. The van der Waals surface area contributed by atoms with Crippen LogP contribution in [-0.4, -0.2) is 64.1 Å². The number of imidazole rings is 2. The molecule has 7 rings (SSSR count). The number of nitrogens with one attached hydrogen (secondary N) is 4. The zero-order valence-corrected chi connectivity index (χ0v) is 39.3. The fourth-order valence-corrected chi connectivity index (χ4v) is 8.89. The van der Waals surface area contributed by atoms with E-state index in [0.717, 1.165) is 169 Å². The highest BCUT2D eigenvalue weighted by Crippen LogP contribution is 2.33. The molecule has 1 aliphatic rings. The van der Waals surface area contributed by atoms with Gasteiger partial charge in [-0.25, -0.2) is 9.97 Å². The first-order valence-electron chi connectivity index (χ1n) is 22.9. The lowest BCUT2D eigenvalue weighted by molar-refractivity contribution is 0.611. The van der Waals surface area contributed by atoms with Gasteiger partial charge in [0.25, 0.3) is 0 Å². The third-order valence-electron chi connectivity index (χ3n) is 11.9. The van der Waals surface area contributed by atoms with Gasteiger partial charge in [-0.1, -0.05) is 44.9 Å². The molecule has 0 saturated heterocycles. The summed E-state index contributed by atoms with van der Waals surface area (Å²) in [5.41, 5.74) is 21.4. The van der Waals surface area contributed by atoms with Crippen molar-refractivity contribution in [2.75, 3.05) is 36.0 Å². The van der Waals surface area contributed by atoms with Crippen LogP contribution < -0.4 is 27.0 Å². The Bertz CT molecular complexity index is 2690. The Morgan fingerprint density at radius 3 is 1.69 bits per heavy atom. The van der Waals surface area contributed by atoms with Crippen molar-refractivity contribution in [1.82, 2.24) is 49.3 Å². The average molecular weight is 882 g/mol. The minimum Gasteiger partial charge on any atom is -0.399 e. The summed E-state index contributed by atoms with van der Waals surface area (Å²) in [5.74, 6) is 2.36. The minimum absolute atomic E-state index is 0.526. The Balaban J connectivity index is 1.25. The summed E-state index contributed by atoms with van der Waals surface area (Å²) in [6, 6.07) is 12.8. The van der Waals surface area contributed by atoms with E-state index in [0.29, 0.717) is 24.7 Å². The van der Waals surface area contributed by atoms with E-state index < -0.39 is 0 Å². The molecule has 0 aliphatic carbocycles. The van der Waals surface area contributed by atoms with Gasteiger partial charge in [-0.2, -0.15) is 22.8 Å². The van der Waals surface area contributed by atoms with Crippen LogP contribution in [0.15, 0.2) is 74.9 Å². The Morgan fingerprint density at radius 1 is 0.656 bits per heavy atom. The molecule has 0 fully saturated rings. The molecular weight excluding hydrogens is 815 g/mol. The van der Waals surface area contributed by atoms with Crippen molar-refractivity contribution in [3.63, 3.8) is 0 Å². The van der Waals surface area contributed by atoms with Gasteiger partial charge in [-0.3, -0.25) is 9.36 Å². The molecule has 0 amide bonds. The first kappa shape index (κ1) is 46.0. The maximum Gasteiger partial charge on any atom is 0.208 e. The first-order chi connectivity index (χ1) is 31.0. The average Bonchev–Trinajstić information content (AvgIpc) is 4.04. The molecule has 338 valence electrons. The number of unbranched alkanes of at least 4 members (excludes halogenated alkanes) is 1. The molecule has 6 aromatic rings. The number of aromatic nitrogens is 8. The summed E-state index contributed by atoms with van der Waals surface area (Å²) in [7, 11) is 0. The van der Waals surface area contributed by atoms with E-state index in [-0.39, 0.29) is 0 Å². The van der Waals surface area contributed by atoms with Crippen molar-refractivity contribution >= 4 is 69.4 Å². The second-order valence-electron chi connectivity index (χ2n) is 16.8. The molecule has 64 heavy (non-hydrogen) atoms. The van der Waals surface area contributed by atoms with Crippen molar-refractivity contribution < 1.29 is 0 Å². The Hall–Kier alpha value is -5.99. The molecule has 5 heterocycles. The Morgan fingerprint density at radius 2 is 1.17 bits per heavy atom. The van der Waals surface area contributed by atoms with Gasteiger partial charge in [0.05, 0.1) is 56.2 Å². The van der Waals surface area contributed by atoms with Crippen LogP contribution in [0.2, 0.25) is 0 Å². The largest absolute Gasteiger partial charge is 0.399 e. The summed E-state index contributed by atoms with van der Waals surface area (Å²) < 4.78 is 8.48. The Labute approximate surface area is 384 Å². The summed E-state index contributed by atoms with van der Waals surface area (Å²) >= 11 is 4.33. The highest BCUT2D eigenvalue weighted by molar-refractivity contribution is 7.80. The van der Waals surface area contributed by atoms with Gasteiger partial charge in [0.1, 0.15) is 0 Å². The molecule has 0 bridgehead atoms. The van der Waals surface area contributed by atoms with Crippen molar-refractivity contribution in [1.29, 1.82) is 0 Å². The topological polar surface area (TPSA) is 145 Å². The molecule has 14 heteroatoms. The molecular formula is C50H67N13S. The normalized spacial score (nSPS) is 13.7. The fraction of sp³-hybridized carbons (Fsp3) is 0.400. The predicted octanol–water partition coefficient (Wildman–Crippen LogP) is 9.31. The van der Waals surface area contributed by atoms with Crippen LogP contribution in [0, 0.1) is 13.8 Å². The molecule has 0 atom stereocenters. The van der Waals surface area contributed by atoms with Crippen molar-refractivity contribution in [3.05, 3.63) is 120 Å². The fourth-order valence-electron chi connectivity index (χ4n) is 8.66. The van der Waals surface area contributed by atoms with Gasteiger partial charge in [0.15, 0.2) is 0 Å². The molecule has 13 nitrogen and oxygen atoms in total. The maximum absolute atomic E-state index is 6.34. The van der Waals surface area contributed by atoms with Crippen LogP contribution in [0.25, 0.3) is 44.9 Å². The van der Waals surface area contributed by atoms with Crippen LogP contribution in [-0.2, 0) is 39.0 Å². The van der Waals surface area contributed by atoms with E-state index in [1.165, 1.54) is 11.1 Å². The van der Waals surface area contributed by atoms with Crippen LogP contribution in [0.3, 0.4) is 0 Å². The monoisotopic (exact) mass is 882 g/mol. The number of rotatable bonds is 19. The van der Waals surface area contributed by atoms with E-state index in [4.69, 9.17) is 20.8 Å². The van der Waals surface area contributed by atoms with Crippen molar-refractivity contribution in [3.8, 4) is 0 Å². The van der Waals surface area contributed by atoms with E-state index >= 15 is 0 Å². The molecule has 1 aliphatic heterocycles. The highest BCUT2D eigenvalue weighted by atomic mass is 32.1. The number of aryl methyl sites for hydroxylation is 6. The minimum atomic E-state index is 0.526. The summed E-state index contributed by atoms with van der Waals surface area (Å²) in [5, 5.41) is 23.7. The van der Waals surface area contributed by atoms with E-state index in [1.807, 2.05) is 29.3 Å². The lowest BCUT2D eigenvalue weighted by Gasteiger charge is -2.15. The molecule has 6 N–H and O–H groups in total. The SMILES string of the molecule is C=C(N)c1cc2c3c(c1)nc(NC(=C)c1cc(C)nn1CC)n3C/C=C/Cn1c(NC(=C)c3cc(C)nn3CC)nc3cc(C(=C)NCCCNCCCCS)cc(c31)CCCCC2. The standard InChI is InChI=1S/C50H67N13S/c1-9-62-45(27-33(3)58-62)37(7)54-49-56-43-31-41(35(5)51)29-39-19-12-11-13-20-40-30-42(36(6)53-23-18-22-52-21-14-17-26-64)32-44-48(40)61(25-16-15-24-60(49)47(39)43)50(57-44)55-38(8)46-28-34(4)59-63(46)10-2/h15-16,27-32,52-53,64H,5-14,17-26,51H2,1-4H3,(H,54,56)(H,55,57)/b16-15+. The van der Waals surface area contributed by atoms with E-state index in [2.05, 4.69) is 131 Å². The lowest BCUT2D eigenvalue weighted by Crippen LogP contribution is -2.22. The van der Waals surface area contributed by atoms with E-state index in [1.54, 1.807) is 0 Å². The quantitative estimate of drug-likeness (QED) is 0.0266. The number of thiol groups is 1. The molecule has 4 aromatic heterocycles. The smallest absolute Gasteiger partial charge is 0.208 e. The van der Waals surface area contributed by atoms with E-state index in [9.17, 15) is 0 Å². The second-order valence-corrected chi connectivity index (χ2v) is 17.2. The number of allylic oxidation sites excluding steroid dienone is 2. The third kappa shape index (κ3) is 10.5. The van der Waals surface area contributed by atoms with Crippen LogP contribution >= 0.6 is 12.6 Å². The third-order valence-corrected chi connectivity index (χ3v) is 12.2. The molecule has 0 spiro atoms. The predicted molar refractivity (Wildman–Crippen MR) is 271 cm³/mol. The van der Waals surface area contributed by atoms with Crippen molar-refractivity contribution in [2.24, 2.45) is 5.73 Å². The zero-order valence-electron chi connectivity index (χ0n) is 38.4. The first-order valence-corrected chi connectivity index (χ1v) is 23.5. The van der Waals surface area contributed by atoms with Crippen LogP contribution in [0.4, 0.5) is 11.9 Å². The van der Waals surface area contributed by atoms with Gasteiger partial charge in [0, 0.05) is 44.1 Å². The lowest BCUT2D eigenvalue weighted by atomic mass is 9.98. The summed E-state index contributed by atoms with van der Waals surface area (Å²) in [6.07, 6.45) is 12.5. The van der Waals surface area contributed by atoms with Gasteiger partial charge in [-0.05, 0) is 150 Å². The van der Waals surface area contributed by atoms with Crippen LogP contribution in [0.5, 0.6) is 0 Å². The van der Waals surface area contributed by atoms with Gasteiger partial charge < -0.3 is 36.1 Å². The molecule has 0 radical (unpaired) electrons. The highest BCUT2D eigenvalue weighted by Gasteiger charge is 2.21. The summed E-state index contributed by atoms with van der Waals surface area (Å²) in [6.45, 7) is 31.1. The van der Waals surface area contributed by atoms with Gasteiger partial charge >= 0.3 is 0 Å². The summed E-state index contributed by atoms with van der Waals surface area (Å²) in [4.78, 5) is 10.5. The number of benzene rings is 2.